The number of sulfonamides is 1. The van der Waals surface area contributed by atoms with Crippen LogP contribution in [0.4, 0.5) is 0 Å². The Kier molecular flexibility index (Phi) is 7.56. The Morgan fingerprint density at radius 2 is 2.07 bits per heavy atom. The lowest BCUT2D eigenvalue weighted by atomic mass is 10.2. The van der Waals surface area contributed by atoms with Crippen molar-refractivity contribution in [3.63, 3.8) is 0 Å². The van der Waals surface area contributed by atoms with Gasteiger partial charge in [-0.1, -0.05) is 0 Å². The molecule has 0 saturated carbocycles. The van der Waals surface area contributed by atoms with Gasteiger partial charge in [-0.25, -0.2) is 13.4 Å². The van der Waals surface area contributed by atoms with Crippen molar-refractivity contribution in [1.82, 2.24) is 19.6 Å². The van der Waals surface area contributed by atoms with Crippen LogP contribution in [0, 0.1) is 13.8 Å². The van der Waals surface area contributed by atoms with Gasteiger partial charge in [0.05, 0.1) is 35.4 Å². The molecule has 1 saturated heterocycles. The molecule has 0 aromatic carbocycles. The smallest absolute Gasteiger partial charge is 0.259 e. The van der Waals surface area contributed by atoms with Crippen molar-refractivity contribution in [1.29, 1.82) is 0 Å². The molecule has 3 rings (SSSR count). The van der Waals surface area contributed by atoms with Crippen molar-refractivity contribution in [2.75, 3.05) is 38.6 Å². The van der Waals surface area contributed by atoms with E-state index in [0.29, 0.717) is 48.1 Å². The number of nitrogens with one attached hydrogen (secondary N) is 2. The third-order valence-corrected chi connectivity index (χ3v) is 9.08. The predicted octanol–water partition coefficient (Wildman–Crippen LogP) is 1.00. The summed E-state index contributed by atoms with van der Waals surface area (Å²) < 4.78 is 31.1. The Bertz CT molecular complexity index is 1070. The average Bonchev–Trinajstić information content (AvgIpc) is 3.00. The van der Waals surface area contributed by atoms with E-state index in [1.54, 1.807) is 6.92 Å². The fraction of sp³-hybridized carbons (Fsp3) is 0.611. The number of thioether (sulfide) groups is 1. The second-order valence-electron chi connectivity index (χ2n) is 7.05. The summed E-state index contributed by atoms with van der Waals surface area (Å²) in [6, 6.07) is 0. The van der Waals surface area contributed by atoms with Crippen LogP contribution in [-0.4, -0.2) is 72.4 Å². The second kappa shape index (κ2) is 9.77. The number of fused-ring (bicyclic) bond motifs is 1. The van der Waals surface area contributed by atoms with Gasteiger partial charge in [0, 0.05) is 24.5 Å². The molecular weight excluding hydrogens is 448 g/mol. The molecule has 2 aromatic rings. The van der Waals surface area contributed by atoms with Gasteiger partial charge in [0.15, 0.2) is 0 Å². The molecule has 1 aliphatic heterocycles. The van der Waals surface area contributed by atoms with Crippen LogP contribution in [0.15, 0.2) is 4.79 Å². The van der Waals surface area contributed by atoms with E-state index in [9.17, 15) is 18.0 Å². The van der Waals surface area contributed by atoms with Gasteiger partial charge in [-0.05, 0) is 26.3 Å². The van der Waals surface area contributed by atoms with Gasteiger partial charge >= 0.3 is 0 Å². The number of ether oxygens (including phenoxy) is 1. The maximum Gasteiger partial charge on any atom is 0.259 e. The average molecular weight is 475 g/mol. The van der Waals surface area contributed by atoms with Crippen LogP contribution in [0.5, 0.6) is 0 Å². The zero-order valence-electron chi connectivity index (χ0n) is 17.2. The molecule has 3 heterocycles. The minimum atomic E-state index is -3.40. The molecule has 0 bridgehead atoms. The molecular formula is C18H26N4O5S3. The first-order valence-electron chi connectivity index (χ1n) is 9.63. The Hall–Kier alpha value is -1.47. The first-order chi connectivity index (χ1) is 14.2. The number of nitrogens with zero attached hydrogens (tertiary/aromatic N) is 2. The number of aromatic nitrogens is 2. The van der Waals surface area contributed by atoms with Gasteiger partial charge in [0.2, 0.25) is 15.9 Å². The number of carbonyl (C=O) groups excluding carboxylic acids is 1. The summed E-state index contributed by atoms with van der Waals surface area (Å²) in [7, 11) is -3.40. The van der Waals surface area contributed by atoms with Gasteiger partial charge in [-0.3, -0.25) is 9.59 Å². The first kappa shape index (κ1) is 23.2. The predicted molar refractivity (Wildman–Crippen MR) is 120 cm³/mol. The van der Waals surface area contributed by atoms with Crippen LogP contribution in [0.25, 0.3) is 10.2 Å². The lowest BCUT2D eigenvalue weighted by Crippen LogP contribution is -2.44. The number of morpholine rings is 1. The first-order valence-corrected chi connectivity index (χ1v) is 13.1. The van der Waals surface area contributed by atoms with Gasteiger partial charge in [-0.15, -0.1) is 23.1 Å². The largest absolute Gasteiger partial charge is 0.379 e. The highest BCUT2D eigenvalue weighted by Crippen LogP contribution is 2.26. The van der Waals surface area contributed by atoms with Gasteiger partial charge in [0.1, 0.15) is 10.7 Å². The minimum absolute atomic E-state index is 0.0538. The van der Waals surface area contributed by atoms with Crippen LogP contribution in [0.3, 0.4) is 0 Å². The van der Waals surface area contributed by atoms with Gasteiger partial charge in [0.25, 0.3) is 5.56 Å². The molecule has 0 spiro atoms. The highest BCUT2D eigenvalue weighted by Gasteiger charge is 2.24. The highest BCUT2D eigenvalue weighted by atomic mass is 32.2. The molecule has 0 radical (unpaired) electrons. The molecule has 1 unspecified atom stereocenters. The molecule has 1 atom stereocenters. The molecule has 2 aromatic heterocycles. The zero-order valence-corrected chi connectivity index (χ0v) is 19.6. The third-order valence-electron chi connectivity index (χ3n) is 4.95. The van der Waals surface area contributed by atoms with Crippen molar-refractivity contribution in [3.8, 4) is 0 Å². The number of aryl methyl sites for hydroxylation is 2. The van der Waals surface area contributed by atoms with Crippen LogP contribution >= 0.6 is 23.1 Å². The molecule has 1 aliphatic rings. The molecule has 9 nitrogen and oxygen atoms in total. The lowest BCUT2D eigenvalue weighted by Gasteiger charge is -2.26. The van der Waals surface area contributed by atoms with Crippen molar-refractivity contribution in [2.24, 2.45) is 0 Å². The normalized spacial score (nSPS) is 16.6. The van der Waals surface area contributed by atoms with E-state index in [1.807, 2.05) is 13.8 Å². The van der Waals surface area contributed by atoms with Crippen molar-refractivity contribution >= 4 is 49.2 Å². The number of hydrogen-bond acceptors (Lipinski definition) is 8. The molecule has 166 valence electrons. The summed E-state index contributed by atoms with van der Waals surface area (Å²) >= 11 is 2.82. The maximum absolute atomic E-state index is 12.3. The highest BCUT2D eigenvalue weighted by molar-refractivity contribution is 7.99. The molecule has 12 heteroatoms. The summed E-state index contributed by atoms with van der Waals surface area (Å²) in [4.78, 5) is 33.7. The molecule has 2 N–H and O–H groups in total. The number of aromatic amines is 1. The van der Waals surface area contributed by atoms with E-state index in [2.05, 4.69) is 15.3 Å². The number of carbonyl (C=O) groups is 1. The Balaban J connectivity index is 1.50. The van der Waals surface area contributed by atoms with E-state index < -0.39 is 15.3 Å². The van der Waals surface area contributed by atoms with Crippen molar-refractivity contribution in [2.45, 2.75) is 31.8 Å². The van der Waals surface area contributed by atoms with Crippen LogP contribution in [-0.2, 0) is 25.3 Å². The van der Waals surface area contributed by atoms with Gasteiger partial charge in [-0.2, -0.15) is 4.31 Å². The van der Waals surface area contributed by atoms with E-state index >= 15 is 0 Å². The third kappa shape index (κ3) is 5.41. The summed E-state index contributed by atoms with van der Waals surface area (Å²) in [6.07, 6.45) is 0. The zero-order chi connectivity index (χ0) is 21.9. The number of H-pyrrole nitrogens is 1. The number of rotatable bonds is 8. The monoisotopic (exact) mass is 474 g/mol. The number of amides is 1. The van der Waals surface area contributed by atoms with E-state index in [0.717, 1.165) is 10.4 Å². The summed E-state index contributed by atoms with van der Waals surface area (Å²) in [5.74, 6) is 0.511. The van der Waals surface area contributed by atoms with Crippen LogP contribution in [0.1, 0.15) is 23.2 Å². The van der Waals surface area contributed by atoms with Crippen molar-refractivity contribution in [3.05, 3.63) is 26.6 Å². The molecule has 1 amide bonds. The van der Waals surface area contributed by atoms with Gasteiger partial charge < -0.3 is 15.0 Å². The minimum Gasteiger partial charge on any atom is -0.379 e. The van der Waals surface area contributed by atoms with E-state index in [-0.39, 0.29) is 23.8 Å². The quantitative estimate of drug-likeness (QED) is 0.585. The molecule has 1 fully saturated rings. The molecule has 30 heavy (non-hydrogen) atoms. The Morgan fingerprint density at radius 1 is 1.37 bits per heavy atom. The van der Waals surface area contributed by atoms with Crippen molar-refractivity contribution < 1.29 is 17.9 Å². The molecule has 0 aliphatic carbocycles. The fourth-order valence-corrected chi connectivity index (χ4v) is 6.20. The Labute approximate surface area is 183 Å². The van der Waals surface area contributed by atoms with E-state index in [4.69, 9.17) is 4.74 Å². The standard InChI is InChI=1S/C18H26N4O5S3/c1-11-12(2)29-18-15(11)17(24)20-14(21-18)10-28-13(3)16(23)19-4-9-30(25,26)22-5-7-27-8-6-22/h13H,4-10H2,1-3H3,(H,19,23)(H,20,21,24). The lowest BCUT2D eigenvalue weighted by molar-refractivity contribution is -0.120. The Morgan fingerprint density at radius 3 is 2.77 bits per heavy atom. The summed E-state index contributed by atoms with van der Waals surface area (Å²) in [6.45, 7) is 7.15. The second-order valence-corrected chi connectivity index (χ2v) is 11.7. The number of thiophene rings is 1. The van der Waals surface area contributed by atoms with Crippen LogP contribution < -0.4 is 10.9 Å². The SMILES string of the molecule is Cc1sc2nc(CSC(C)C(=O)NCCS(=O)(=O)N3CCOCC3)[nH]c(=O)c2c1C. The van der Waals surface area contributed by atoms with E-state index in [1.165, 1.54) is 27.4 Å². The fourth-order valence-electron chi connectivity index (χ4n) is 3.05. The van der Waals surface area contributed by atoms with Crippen LogP contribution in [0.2, 0.25) is 0 Å². The number of hydrogen-bond donors (Lipinski definition) is 2. The maximum atomic E-state index is 12.3. The topological polar surface area (TPSA) is 121 Å². The summed E-state index contributed by atoms with van der Waals surface area (Å²) in [5, 5.41) is 2.89. The summed E-state index contributed by atoms with van der Waals surface area (Å²) in [5.41, 5.74) is 0.783.